The number of hydrogen-bond acceptors (Lipinski definition) is 2. The van der Waals surface area contributed by atoms with Crippen LogP contribution in [0.4, 0.5) is 0 Å². The molecule has 4 heteroatoms. The van der Waals surface area contributed by atoms with Crippen molar-refractivity contribution in [3.63, 3.8) is 0 Å². The summed E-state index contributed by atoms with van der Waals surface area (Å²) in [5.74, 6) is 0. The predicted octanol–water partition coefficient (Wildman–Crippen LogP) is 3.26. The van der Waals surface area contributed by atoms with Crippen LogP contribution in [-0.4, -0.2) is 16.1 Å². The number of aryl methyl sites for hydroxylation is 2. The Kier molecular flexibility index (Phi) is 3.03. The maximum absolute atomic E-state index is 10.8. The second kappa shape index (κ2) is 4.34. The van der Waals surface area contributed by atoms with E-state index in [9.17, 15) is 4.79 Å². The van der Waals surface area contributed by atoms with Gasteiger partial charge in [-0.25, -0.2) is 4.68 Å². The first kappa shape index (κ1) is 11.9. The van der Waals surface area contributed by atoms with Crippen LogP contribution in [0, 0.1) is 20.8 Å². The summed E-state index contributed by atoms with van der Waals surface area (Å²) in [6.07, 6.45) is 0.854. The lowest BCUT2D eigenvalue weighted by atomic mass is 10.1. The highest BCUT2D eigenvalue weighted by atomic mass is 35.5. The van der Waals surface area contributed by atoms with Gasteiger partial charge in [-0.2, -0.15) is 5.10 Å². The smallest absolute Gasteiger partial charge is 0.150 e. The zero-order chi connectivity index (χ0) is 12.6. The molecule has 1 aromatic heterocycles. The average molecular weight is 249 g/mol. The van der Waals surface area contributed by atoms with Crippen molar-refractivity contribution in [3.05, 3.63) is 45.7 Å². The molecule has 2 aromatic rings. The van der Waals surface area contributed by atoms with Gasteiger partial charge in [-0.15, -0.1) is 0 Å². The van der Waals surface area contributed by atoms with Crippen LogP contribution in [0.5, 0.6) is 0 Å². The molecule has 0 radical (unpaired) electrons. The molecule has 1 aromatic carbocycles. The fourth-order valence-electron chi connectivity index (χ4n) is 1.80. The topological polar surface area (TPSA) is 34.9 Å². The molecule has 0 aliphatic carbocycles. The fourth-order valence-corrected chi connectivity index (χ4v) is 1.92. The first-order chi connectivity index (χ1) is 8.04. The summed E-state index contributed by atoms with van der Waals surface area (Å²) >= 11 is 6.11. The predicted molar refractivity (Wildman–Crippen MR) is 68.2 cm³/mol. The van der Waals surface area contributed by atoms with Crippen LogP contribution in [0.2, 0.25) is 5.02 Å². The van der Waals surface area contributed by atoms with Crippen molar-refractivity contribution in [1.82, 2.24) is 9.78 Å². The largest absolute Gasteiger partial charge is 0.298 e. The molecule has 0 bridgehead atoms. The lowest BCUT2D eigenvalue weighted by Gasteiger charge is -2.06. The third kappa shape index (κ3) is 1.98. The van der Waals surface area contributed by atoms with E-state index in [1.54, 1.807) is 10.7 Å². The van der Waals surface area contributed by atoms with Gasteiger partial charge in [0.15, 0.2) is 0 Å². The summed E-state index contributed by atoms with van der Waals surface area (Å²) in [6, 6.07) is 5.59. The standard InChI is InChI=1S/C13H13ClN2O/c1-8-6-12(5-4-11(8)7-17)16-10(3)13(14)9(2)15-16/h4-7H,1-3H3. The summed E-state index contributed by atoms with van der Waals surface area (Å²) in [5.41, 5.74) is 4.26. The van der Waals surface area contributed by atoms with Crippen LogP contribution in [0.25, 0.3) is 5.69 Å². The normalized spacial score (nSPS) is 10.6. The zero-order valence-electron chi connectivity index (χ0n) is 9.99. The van der Waals surface area contributed by atoms with Gasteiger partial charge in [0.05, 0.1) is 22.1 Å². The lowest BCUT2D eigenvalue weighted by molar-refractivity contribution is 0.112. The molecule has 0 amide bonds. The van der Waals surface area contributed by atoms with Gasteiger partial charge in [-0.3, -0.25) is 4.79 Å². The van der Waals surface area contributed by atoms with E-state index in [1.807, 2.05) is 32.9 Å². The minimum absolute atomic E-state index is 0.683. The molecular formula is C13H13ClN2O. The molecule has 0 aliphatic rings. The molecule has 0 N–H and O–H groups in total. The molecule has 0 aliphatic heterocycles. The maximum Gasteiger partial charge on any atom is 0.150 e. The van der Waals surface area contributed by atoms with Crippen LogP contribution in [-0.2, 0) is 0 Å². The van der Waals surface area contributed by atoms with Crippen molar-refractivity contribution in [3.8, 4) is 5.69 Å². The molecule has 0 saturated carbocycles. The van der Waals surface area contributed by atoms with E-state index in [0.717, 1.165) is 28.9 Å². The number of nitrogens with zero attached hydrogens (tertiary/aromatic N) is 2. The van der Waals surface area contributed by atoms with Gasteiger partial charge in [0.25, 0.3) is 0 Å². The number of aldehydes is 1. The second-order valence-electron chi connectivity index (χ2n) is 4.06. The van der Waals surface area contributed by atoms with Crippen LogP contribution < -0.4 is 0 Å². The minimum Gasteiger partial charge on any atom is -0.298 e. The van der Waals surface area contributed by atoms with Gasteiger partial charge in [0.2, 0.25) is 0 Å². The Morgan fingerprint density at radius 2 is 2.00 bits per heavy atom. The summed E-state index contributed by atoms with van der Waals surface area (Å²) in [6.45, 7) is 5.70. The zero-order valence-corrected chi connectivity index (χ0v) is 10.7. The van der Waals surface area contributed by atoms with Crippen LogP contribution in [0.15, 0.2) is 18.2 Å². The van der Waals surface area contributed by atoms with Gasteiger partial charge >= 0.3 is 0 Å². The van der Waals surface area contributed by atoms with Crippen molar-refractivity contribution in [2.75, 3.05) is 0 Å². The van der Waals surface area contributed by atoms with E-state index in [-0.39, 0.29) is 0 Å². The fraction of sp³-hybridized carbons (Fsp3) is 0.231. The third-order valence-corrected chi connectivity index (χ3v) is 3.37. The molecule has 0 spiro atoms. The molecule has 1 heterocycles. The highest BCUT2D eigenvalue weighted by Crippen LogP contribution is 2.23. The molecule has 17 heavy (non-hydrogen) atoms. The molecular weight excluding hydrogens is 236 g/mol. The molecule has 0 saturated heterocycles. The molecule has 88 valence electrons. The molecule has 0 atom stereocenters. The minimum atomic E-state index is 0.683. The van der Waals surface area contributed by atoms with E-state index in [0.29, 0.717) is 10.6 Å². The number of halogens is 1. The van der Waals surface area contributed by atoms with Crippen molar-refractivity contribution < 1.29 is 4.79 Å². The lowest BCUT2D eigenvalue weighted by Crippen LogP contribution is -2.00. The Morgan fingerprint density at radius 1 is 1.29 bits per heavy atom. The van der Waals surface area contributed by atoms with Gasteiger partial charge in [-0.1, -0.05) is 11.6 Å². The summed E-state index contributed by atoms with van der Waals surface area (Å²) in [7, 11) is 0. The van der Waals surface area contributed by atoms with Crippen molar-refractivity contribution >= 4 is 17.9 Å². The maximum atomic E-state index is 10.8. The number of carbonyl (C=O) groups is 1. The van der Waals surface area contributed by atoms with Crippen molar-refractivity contribution in [2.24, 2.45) is 0 Å². The van der Waals surface area contributed by atoms with Gasteiger partial charge in [0, 0.05) is 5.56 Å². The number of carbonyl (C=O) groups excluding carboxylic acids is 1. The average Bonchev–Trinajstić information content (AvgIpc) is 2.57. The van der Waals surface area contributed by atoms with E-state index in [2.05, 4.69) is 5.10 Å². The van der Waals surface area contributed by atoms with Crippen molar-refractivity contribution in [1.29, 1.82) is 0 Å². The second-order valence-corrected chi connectivity index (χ2v) is 4.43. The quantitative estimate of drug-likeness (QED) is 0.765. The Bertz CT molecular complexity index is 587. The number of rotatable bonds is 2. The van der Waals surface area contributed by atoms with Crippen LogP contribution >= 0.6 is 11.6 Å². The molecule has 0 fully saturated rings. The van der Waals surface area contributed by atoms with Gasteiger partial charge in [-0.05, 0) is 44.5 Å². The summed E-state index contributed by atoms with van der Waals surface area (Å²) in [5, 5.41) is 5.06. The first-order valence-corrected chi connectivity index (χ1v) is 5.70. The Morgan fingerprint density at radius 3 is 2.47 bits per heavy atom. The van der Waals surface area contributed by atoms with Gasteiger partial charge < -0.3 is 0 Å². The third-order valence-electron chi connectivity index (χ3n) is 2.83. The van der Waals surface area contributed by atoms with Gasteiger partial charge in [0.1, 0.15) is 6.29 Å². The Hall–Kier alpha value is -1.61. The highest BCUT2D eigenvalue weighted by Gasteiger charge is 2.11. The molecule has 0 unspecified atom stereocenters. The van der Waals surface area contributed by atoms with Crippen LogP contribution in [0.1, 0.15) is 27.3 Å². The van der Waals surface area contributed by atoms with E-state index >= 15 is 0 Å². The first-order valence-electron chi connectivity index (χ1n) is 5.32. The Balaban J connectivity index is 2.57. The number of aromatic nitrogens is 2. The van der Waals surface area contributed by atoms with Crippen molar-refractivity contribution in [2.45, 2.75) is 20.8 Å². The monoisotopic (exact) mass is 248 g/mol. The van der Waals surface area contributed by atoms with E-state index in [1.165, 1.54) is 0 Å². The SMILES string of the molecule is Cc1cc(-n2nc(C)c(Cl)c2C)ccc1C=O. The summed E-state index contributed by atoms with van der Waals surface area (Å²) < 4.78 is 1.79. The Labute approximate surface area is 105 Å². The van der Waals surface area contributed by atoms with E-state index < -0.39 is 0 Å². The number of benzene rings is 1. The number of hydrogen-bond donors (Lipinski definition) is 0. The molecule has 2 rings (SSSR count). The highest BCUT2D eigenvalue weighted by molar-refractivity contribution is 6.31. The van der Waals surface area contributed by atoms with E-state index in [4.69, 9.17) is 11.6 Å². The van der Waals surface area contributed by atoms with Crippen LogP contribution in [0.3, 0.4) is 0 Å². The summed E-state index contributed by atoms with van der Waals surface area (Å²) in [4.78, 5) is 10.8. The molecule has 3 nitrogen and oxygen atoms in total.